The Kier molecular flexibility index (Phi) is 16.9. The SMILES string of the molecule is COCCOCCOCCOP(=O)(F)I.O=P(O)(F)I. The maximum Gasteiger partial charge on any atom is 0.424 e. The van der Waals surface area contributed by atoms with Gasteiger partial charge < -0.3 is 19.1 Å². The van der Waals surface area contributed by atoms with Gasteiger partial charge in [0.15, 0.2) is 0 Å². The van der Waals surface area contributed by atoms with Crippen molar-refractivity contribution in [2.24, 2.45) is 0 Å². The predicted octanol–water partition coefficient (Wildman–Crippen LogP) is 3.69. The monoisotopic (exact) mass is 566 g/mol. The van der Waals surface area contributed by atoms with Crippen LogP contribution >= 0.6 is 54.7 Å². The summed E-state index contributed by atoms with van der Waals surface area (Å²) in [5, 5.41) is -8.06. The average Bonchev–Trinajstić information content (AvgIpc) is 2.23. The lowest BCUT2D eigenvalue weighted by molar-refractivity contribution is 0.0180. The second kappa shape index (κ2) is 14.2. The van der Waals surface area contributed by atoms with Gasteiger partial charge in [0.2, 0.25) is 0 Å². The molecule has 2 unspecified atom stereocenters. The Morgan fingerprint density at radius 1 is 0.950 bits per heavy atom. The van der Waals surface area contributed by atoms with Crippen molar-refractivity contribution in [3.63, 3.8) is 0 Å². The third-order valence-electron chi connectivity index (χ3n) is 1.27. The number of hydrogen-bond acceptors (Lipinski definition) is 6. The molecule has 2 atom stereocenters. The lowest BCUT2D eigenvalue weighted by atomic mass is 10.7. The summed E-state index contributed by atoms with van der Waals surface area (Å²) >= 11 is 1.95. The molecule has 20 heavy (non-hydrogen) atoms. The van der Waals surface area contributed by atoms with Crippen LogP contribution < -0.4 is 0 Å². The van der Waals surface area contributed by atoms with Crippen LogP contribution in [0.5, 0.6) is 0 Å². The summed E-state index contributed by atoms with van der Waals surface area (Å²) in [5.41, 5.74) is 0. The van der Waals surface area contributed by atoms with E-state index in [0.717, 1.165) is 44.1 Å². The number of ether oxygens (including phenoxy) is 3. The molecule has 0 aromatic carbocycles. The molecule has 0 saturated carbocycles. The summed E-state index contributed by atoms with van der Waals surface area (Å²) in [4.78, 5) is 7.40. The molecule has 7 nitrogen and oxygen atoms in total. The molecule has 0 fully saturated rings. The molecule has 0 radical (unpaired) electrons. The first-order valence-electron chi connectivity index (χ1n) is 5.06. The van der Waals surface area contributed by atoms with Crippen LogP contribution in [0.15, 0.2) is 0 Å². The molecular weight excluding hydrogens is 550 g/mol. The molecule has 0 aromatic heterocycles. The Morgan fingerprint density at radius 2 is 1.30 bits per heavy atom. The van der Waals surface area contributed by atoms with Gasteiger partial charge in [-0.25, -0.2) is 9.13 Å². The molecule has 1 N–H and O–H groups in total. The highest BCUT2D eigenvalue weighted by Gasteiger charge is 2.14. The minimum Gasteiger partial charge on any atom is -0.382 e. The standard InChI is InChI=1S/C7H15FIO5P.FHIO2P/c1-11-2-3-12-4-5-13-6-7-14-15(8,9)10;1-5(2,3)4/h2-7H2,1H3;(H,3,4). The molecule has 0 bridgehead atoms. The molecule has 0 amide bonds. The van der Waals surface area contributed by atoms with Crippen molar-refractivity contribution < 1.29 is 41.2 Å². The smallest absolute Gasteiger partial charge is 0.382 e. The van der Waals surface area contributed by atoms with E-state index in [4.69, 9.17) is 23.7 Å². The van der Waals surface area contributed by atoms with Crippen LogP contribution in [-0.2, 0) is 27.9 Å². The van der Waals surface area contributed by atoms with Crippen LogP contribution in [0, 0.1) is 0 Å². The number of halogens is 4. The Balaban J connectivity index is 0. The van der Waals surface area contributed by atoms with Crippen LogP contribution in [-0.4, -0.2) is 51.6 Å². The summed E-state index contributed by atoms with van der Waals surface area (Å²) in [6, 6.07) is 0. The quantitative estimate of drug-likeness (QED) is 0.245. The highest BCUT2D eigenvalue weighted by atomic mass is 127. The minimum atomic E-state index is -4.17. The molecule has 0 spiro atoms. The Bertz CT molecular complexity index is 303. The number of hydrogen-bond donors (Lipinski definition) is 1. The fraction of sp³-hybridized carbons (Fsp3) is 1.00. The van der Waals surface area contributed by atoms with Gasteiger partial charge in [0.1, 0.15) is 0 Å². The minimum absolute atomic E-state index is 0.0191. The third-order valence-corrected chi connectivity index (χ3v) is 2.59. The fourth-order valence-corrected chi connectivity index (χ4v) is 1.54. The maximum absolute atomic E-state index is 12.3. The maximum atomic E-state index is 12.3. The van der Waals surface area contributed by atoms with Gasteiger partial charge in [-0.05, 0) is 0 Å². The predicted molar refractivity (Wildman–Crippen MR) is 87.2 cm³/mol. The Hall–Kier alpha value is 1.58. The molecule has 0 heterocycles. The molecule has 13 heteroatoms. The molecule has 0 saturated heterocycles. The summed E-state index contributed by atoms with van der Waals surface area (Å²) in [6.07, 6.45) is 0. The van der Waals surface area contributed by atoms with Crippen LogP contribution in [0.3, 0.4) is 0 Å². The molecule has 0 aliphatic heterocycles. The molecule has 124 valence electrons. The van der Waals surface area contributed by atoms with E-state index in [0.29, 0.717) is 26.4 Å². The van der Waals surface area contributed by atoms with Crippen molar-refractivity contribution in [2.75, 3.05) is 46.8 Å². The first-order chi connectivity index (χ1) is 9.06. The van der Waals surface area contributed by atoms with E-state index >= 15 is 0 Å². The second-order valence-electron chi connectivity index (χ2n) is 2.90. The van der Waals surface area contributed by atoms with Crippen molar-refractivity contribution >= 4 is 54.7 Å². The number of methoxy groups -OCH3 is 1. The van der Waals surface area contributed by atoms with E-state index < -0.39 is 10.6 Å². The molecule has 0 aliphatic rings. The van der Waals surface area contributed by atoms with Gasteiger partial charge in [0.05, 0.1) is 83.7 Å². The summed E-state index contributed by atoms with van der Waals surface area (Å²) in [5.74, 6) is 0. The van der Waals surface area contributed by atoms with Crippen LogP contribution in [0.4, 0.5) is 8.39 Å². The van der Waals surface area contributed by atoms with E-state index in [1.165, 1.54) is 0 Å². The zero-order valence-electron chi connectivity index (χ0n) is 10.5. The lowest BCUT2D eigenvalue weighted by Crippen LogP contribution is -2.10. The van der Waals surface area contributed by atoms with Crippen molar-refractivity contribution in [1.82, 2.24) is 0 Å². The van der Waals surface area contributed by atoms with Crippen LogP contribution in [0.25, 0.3) is 0 Å². The van der Waals surface area contributed by atoms with Gasteiger partial charge in [0.25, 0.3) is 0 Å². The molecule has 0 aromatic rings. The van der Waals surface area contributed by atoms with Crippen molar-refractivity contribution in [3.8, 4) is 0 Å². The van der Waals surface area contributed by atoms with E-state index in [-0.39, 0.29) is 13.2 Å². The largest absolute Gasteiger partial charge is 0.424 e. The van der Waals surface area contributed by atoms with Gasteiger partial charge in [-0.3, -0.25) is 4.52 Å². The van der Waals surface area contributed by atoms with Crippen LogP contribution in [0.2, 0.25) is 0 Å². The number of rotatable bonds is 10. The fourth-order valence-electron chi connectivity index (χ4n) is 0.667. The van der Waals surface area contributed by atoms with Crippen molar-refractivity contribution in [3.05, 3.63) is 0 Å². The summed E-state index contributed by atoms with van der Waals surface area (Å²) < 4.78 is 61.9. The van der Waals surface area contributed by atoms with Crippen molar-refractivity contribution in [1.29, 1.82) is 0 Å². The summed E-state index contributed by atoms with van der Waals surface area (Å²) in [7, 11) is 1.59. The topological polar surface area (TPSA) is 91.3 Å². The highest BCUT2D eigenvalue weighted by Crippen LogP contribution is 2.57. The van der Waals surface area contributed by atoms with E-state index in [9.17, 15) is 13.0 Å². The van der Waals surface area contributed by atoms with Gasteiger partial charge in [-0.1, -0.05) is 0 Å². The van der Waals surface area contributed by atoms with Crippen LogP contribution in [0.1, 0.15) is 0 Å². The summed E-state index contributed by atoms with van der Waals surface area (Å²) in [6.45, 7) is 2.08. The lowest BCUT2D eigenvalue weighted by Gasteiger charge is -2.06. The first kappa shape index (κ1) is 23.8. The van der Waals surface area contributed by atoms with Gasteiger partial charge in [-0.15, -0.1) is 8.39 Å². The highest BCUT2D eigenvalue weighted by molar-refractivity contribution is 14.2. The zero-order valence-corrected chi connectivity index (χ0v) is 16.6. The average molecular weight is 566 g/mol. The van der Waals surface area contributed by atoms with Gasteiger partial charge in [-0.2, -0.15) is 0 Å². The van der Waals surface area contributed by atoms with E-state index in [2.05, 4.69) is 4.52 Å². The zero-order chi connectivity index (χ0) is 16.1. The molecule has 0 rings (SSSR count). The normalized spacial score (nSPS) is 16.7. The van der Waals surface area contributed by atoms with Gasteiger partial charge in [0, 0.05) is 7.11 Å². The molecular formula is C7H16F2I2O7P2. The third kappa shape index (κ3) is 36.7. The molecule has 0 aliphatic carbocycles. The van der Waals surface area contributed by atoms with E-state index in [1.807, 2.05) is 0 Å². The Labute approximate surface area is 142 Å². The van der Waals surface area contributed by atoms with Gasteiger partial charge >= 0.3 is 10.6 Å². The second-order valence-corrected chi connectivity index (χ2v) is 11.9. The first-order valence-corrected chi connectivity index (χ1v) is 13.7. The van der Waals surface area contributed by atoms with Crippen molar-refractivity contribution in [2.45, 2.75) is 0 Å². The van der Waals surface area contributed by atoms with E-state index in [1.54, 1.807) is 7.11 Å². The Morgan fingerprint density at radius 3 is 1.65 bits per heavy atom.